The fraction of sp³-hybridized carbons (Fsp3) is 0.250. The lowest BCUT2D eigenvalue weighted by Crippen LogP contribution is -2.40. The van der Waals surface area contributed by atoms with E-state index in [0.29, 0.717) is 5.56 Å². The van der Waals surface area contributed by atoms with Gasteiger partial charge in [0.1, 0.15) is 0 Å². The van der Waals surface area contributed by atoms with Crippen LogP contribution in [0.25, 0.3) is 0 Å². The highest BCUT2D eigenvalue weighted by Crippen LogP contribution is 2.29. The van der Waals surface area contributed by atoms with E-state index in [9.17, 15) is 4.79 Å². The van der Waals surface area contributed by atoms with E-state index >= 15 is 0 Å². The van der Waals surface area contributed by atoms with Crippen LogP contribution >= 0.6 is 0 Å². The highest BCUT2D eigenvalue weighted by molar-refractivity contribution is 5.94. The highest BCUT2D eigenvalue weighted by atomic mass is 16.1. The molecule has 0 radical (unpaired) electrons. The van der Waals surface area contributed by atoms with Crippen LogP contribution in [0, 0.1) is 6.92 Å². The molecule has 0 fully saturated rings. The Balaban J connectivity index is 1.74. The van der Waals surface area contributed by atoms with E-state index in [1.54, 1.807) is 12.3 Å². The van der Waals surface area contributed by atoms with Crippen molar-refractivity contribution in [3.63, 3.8) is 0 Å². The molecular formula is C16H17N3O. The summed E-state index contributed by atoms with van der Waals surface area (Å²) in [6.07, 6.45) is 2.38. The molecule has 0 saturated heterocycles. The molecule has 20 heavy (non-hydrogen) atoms. The summed E-state index contributed by atoms with van der Waals surface area (Å²) in [5.74, 6) is -0.120. The van der Waals surface area contributed by atoms with Crippen molar-refractivity contribution in [2.75, 3.05) is 0 Å². The molecule has 0 spiro atoms. The first-order chi connectivity index (χ1) is 9.65. The largest absolute Gasteiger partial charge is 0.347 e. The first kappa shape index (κ1) is 12.8. The molecule has 1 amide bonds. The van der Waals surface area contributed by atoms with Crippen LogP contribution in [0.1, 0.15) is 33.2 Å². The second-order valence-electron chi connectivity index (χ2n) is 5.20. The molecule has 0 aliphatic heterocycles. The van der Waals surface area contributed by atoms with Crippen LogP contribution in [-0.2, 0) is 6.42 Å². The van der Waals surface area contributed by atoms with Gasteiger partial charge in [-0.1, -0.05) is 24.3 Å². The molecule has 1 aliphatic rings. The van der Waals surface area contributed by atoms with Gasteiger partial charge in [0.15, 0.2) is 0 Å². The van der Waals surface area contributed by atoms with Crippen molar-refractivity contribution in [2.24, 2.45) is 5.73 Å². The maximum Gasteiger partial charge on any atom is 0.253 e. The molecule has 102 valence electrons. The average Bonchev–Trinajstić information content (AvgIpc) is 2.77. The molecular weight excluding hydrogens is 250 g/mol. The van der Waals surface area contributed by atoms with E-state index in [-0.39, 0.29) is 18.0 Å². The highest BCUT2D eigenvalue weighted by Gasteiger charge is 2.30. The van der Waals surface area contributed by atoms with E-state index in [1.807, 2.05) is 31.2 Å². The molecule has 1 aromatic heterocycles. The average molecular weight is 267 g/mol. The Kier molecular flexibility index (Phi) is 3.24. The third-order valence-corrected chi connectivity index (χ3v) is 3.78. The quantitative estimate of drug-likeness (QED) is 0.871. The van der Waals surface area contributed by atoms with E-state index in [0.717, 1.165) is 17.7 Å². The number of pyridine rings is 1. The van der Waals surface area contributed by atoms with E-state index in [2.05, 4.69) is 16.4 Å². The van der Waals surface area contributed by atoms with Gasteiger partial charge in [-0.05, 0) is 36.6 Å². The minimum absolute atomic E-state index is 0.0544. The third kappa shape index (κ3) is 2.30. The Morgan fingerprint density at radius 3 is 2.80 bits per heavy atom. The van der Waals surface area contributed by atoms with Gasteiger partial charge in [0.2, 0.25) is 0 Å². The Morgan fingerprint density at radius 2 is 2.10 bits per heavy atom. The van der Waals surface area contributed by atoms with Gasteiger partial charge in [0.25, 0.3) is 5.91 Å². The maximum absolute atomic E-state index is 12.2. The summed E-state index contributed by atoms with van der Waals surface area (Å²) < 4.78 is 0. The van der Waals surface area contributed by atoms with Crippen molar-refractivity contribution >= 4 is 5.91 Å². The zero-order chi connectivity index (χ0) is 14.1. The van der Waals surface area contributed by atoms with Gasteiger partial charge < -0.3 is 11.1 Å². The number of hydrogen-bond donors (Lipinski definition) is 2. The minimum atomic E-state index is -0.145. The Morgan fingerprint density at radius 1 is 1.30 bits per heavy atom. The first-order valence-corrected chi connectivity index (χ1v) is 6.72. The zero-order valence-electron chi connectivity index (χ0n) is 11.3. The maximum atomic E-state index is 12.2. The molecule has 4 heteroatoms. The first-order valence-electron chi connectivity index (χ1n) is 6.72. The lowest BCUT2D eigenvalue weighted by Gasteiger charge is -2.17. The summed E-state index contributed by atoms with van der Waals surface area (Å²) >= 11 is 0. The molecule has 2 atom stereocenters. The number of nitrogens with zero attached hydrogens (tertiary/aromatic N) is 1. The Bertz CT molecular complexity index is 636. The van der Waals surface area contributed by atoms with Crippen LogP contribution in [0.15, 0.2) is 42.6 Å². The van der Waals surface area contributed by atoms with E-state index < -0.39 is 0 Å². The summed E-state index contributed by atoms with van der Waals surface area (Å²) in [5, 5.41) is 3.01. The minimum Gasteiger partial charge on any atom is -0.347 e. The zero-order valence-corrected chi connectivity index (χ0v) is 11.3. The lowest BCUT2D eigenvalue weighted by molar-refractivity contribution is 0.0933. The SMILES string of the molecule is Cc1ccc(C(=O)N[C@@H]2Cc3ccccc3[C@H]2N)cn1. The van der Waals surface area contributed by atoms with Crippen molar-refractivity contribution in [3.8, 4) is 0 Å². The summed E-state index contributed by atoms with van der Waals surface area (Å²) in [5.41, 5.74) is 10.0. The second kappa shape index (κ2) is 5.06. The van der Waals surface area contributed by atoms with Crippen molar-refractivity contribution in [3.05, 3.63) is 65.0 Å². The van der Waals surface area contributed by atoms with Crippen LogP contribution in [0.4, 0.5) is 0 Å². The topological polar surface area (TPSA) is 68.0 Å². The number of rotatable bonds is 2. The summed E-state index contributed by atoms with van der Waals surface area (Å²) in [6.45, 7) is 1.89. The van der Waals surface area contributed by atoms with Gasteiger partial charge in [-0.15, -0.1) is 0 Å². The summed E-state index contributed by atoms with van der Waals surface area (Å²) in [7, 11) is 0. The van der Waals surface area contributed by atoms with Crippen LogP contribution in [0.3, 0.4) is 0 Å². The normalized spacial score (nSPS) is 20.5. The smallest absolute Gasteiger partial charge is 0.253 e. The lowest BCUT2D eigenvalue weighted by atomic mass is 10.1. The molecule has 4 nitrogen and oxygen atoms in total. The van der Waals surface area contributed by atoms with Gasteiger partial charge in [0, 0.05) is 11.9 Å². The number of carbonyl (C=O) groups excluding carboxylic acids is 1. The molecule has 1 aliphatic carbocycles. The van der Waals surface area contributed by atoms with E-state index in [4.69, 9.17) is 5.73 Å². The molecule has 2 aromatic rings. The molecule has 0 unspecified atom stereocenters. The molecule has 0 bridgehead atoms. The van der Waals surface area contributed by atoms with Gasteiger partial charge in [-0.2, -0.15) is 0 Å². The standard InChI is InChI=1S/C16H17N3O/c1-10-6-7-12(9-18-10)16(20)19-14-8-11-4-2-3-5-13(11)15(14)17/h2-7,9,14-15H,8,17H2,1H3,(H,19,20)/t14-,15-/m1/s1. The van der Waals surface area contributed by atoms with Crippen molar-refractivity contribution in [1.82, 2.24) is 10.3 Å². The van der Waals surface area contributed by atoms with Gasteiger partial charge in [-0.25, -0.2) is 0 Å². The number of carbonyl (C=O) groups is 1. The van der Waals surface area contributed by atoms with Crippen molar-refractivity contribution in [1.29, 1.82) is 0 Å². The fourth-order valence-electron chi connectivity index (χ4n) is 2.62. The van der Waals surface area contributed by atoms with Crippen LogP contribution in [0.2, 0.25) is 0 Å². The number of nitrogens with two attached hydrogens (primary N) is 1. The van der Waals surface area contributed by atoms with Crippen LogP contribution in [-0.4, -0.2) is 16.9 Å². The molecule has 1 aromatic carbocycles. The third-order valence-electron chi connectivity index (χ3n) is 3.78. The predicted octanol–water partition coefficient (Wildman–Crippen LogP) is 1.74. The fourth-order valence-corrected chi connectivity index (χ4v) is 2.62. The monoisotopic (exact) mass is 267 g/mol. The van der Waals surface area contributed by atoms with E-state index in [1.165, 1.54) is 5.56 Å². The number of aromatic nitrogens is 1. The number of benzene rings is 1. The Hall–Kier alpha value is -2.20. The number of fused-ring (bicyclic) bond motifs is 1. The van der Waals surface area contributed by atoms with Crippen LogP contribution in [0.5, 0.6) is 0 Å². The Labute approximate surface area is 118 Å². The molecule has 3 N–H and O–H groups in total. The summed E-state index contributed by atoms with van der Waals surface area (Å²) in [6, 6.07) is 11.5. The van der Waals surface area contributed by atoms with Crippen molar-refractivity contribution in [2.45, 2.75) is 25.4 Å². The molecule has 0 saturated carbocycles. The number of nitrogens with one attached hydrogen (secondary N) is 1. The van der Waals surface area contributed by atoms with Gasteiger partial charge in [-0.3, -0.25) is 9.78 Å². The van der Waals surface area contributed by atoms with Gasteiger partial charge >= 0.3 is 0 Å². The predicted molar refractivity (Wildman–Crippen MR) is 77.3 cm³/mol. The van der Waals surface area contributed by atoms with Crippen molar-refractivity contribution < 1.29 is 4.79 Å². The van der Waals surface area contributed by atoms with Crippen LogP contribution < -0.4 is 11.1 Å². The van der Waals surface area contributed by atoms with Gasteiger partial charge in [0.05, 0.1) is 17.6 Å². The number of hydrogen-bond acceptors (Lipinski definition) is 3. The number of aryl methyl sites for hydroxylation is 1. The number of amides is 1. The second-order valence-corrected chi connectivity index (χ2v) is 5.20. The summed E-state index contributed by atoms with van der Waals surface area (Å²) in [4.78, 5) is 16.3. The molecule has 1 heterocycles. The molecule has 3 rings (SSSR count).